The molecule has 0 saturated heterocycles. The van der Waals surface area contributed by atoms with Crippen molar-refractivity contribution < 1.29 is 19.1 Å². The van der Waals surface area contributed by atoms with E-state index in [0.717, 1.165) is 67.9 Å². The maximum Gasteiger partial charge on any atom is 0.338 e. The van der Waals surface area contributed by atoms with Gasteiger partial charge < -0.3 is 19.2 Å². The second-order valence-corrected chi connectivity index (χ2v) is 12.6. The van der Waals surface area contributed by atoms with Crippen molar-refractivity contribution in [2.45, 2.75) is 70.8 Å². The van der Waals surface area contributed by atoms with Gasteiger partial charge in [-0.25, -0.2) is 4.79 Å². The summed E-state index contributed by atoms with van der Waals surface area (Å²) in [5.41, 5.74) is 2.93. The van der Waals surface area contributed by atoms with Crippen molar-refractivity contribution in [3.63, 3.8) is 0 Å². The second-order valence-electron chi connectivity index (χ2n) is 12.1. The highest BCUT2D eigenvalue weighted by atomic mass is 35.5. The zero-order valence-electron chi connectivity index (χ0n) is 21.7. The van der Waals surface area contributed by atoms with Gasteiger partial charge in [0.15, 0.2) is 0 Å². The minimum absolute atomic E-state index is 0.190. The number of nitrogens with zero attached hydrogens (tertiary/aromatic N) is 1. The first kappa shape index (κ1) is 25.1. The third-order valence-corrected chi connectivity index (χ3v) is 8.58. The molecule has 2 aromatic carbocycles. The number of anilines is 1. The lowest BCUT2D eigenvalue weighted by Gasteiger charge is -2.47. The average molecular weight is 510 g/mol. The highest BCUT2D eigenvalue weighted by molar-refractivity contribution is 6.30. The minimum Gasteiger partial charge on any atom is -0.490 e. The Morgan fingerprint density at radius 2 is 2.03 bits per heavy atom. The van der Waals surface area contributed by atoms with Crippen molar-refractivity contribution >= 4 is 29.5 Å². The Morgan fingerprint density at radius 1 is 1.22 bits per heavy atom. The summed E-state index contributed by atoms with van der Waals surface area (Å²) >= 11 is 6.35. The number of rotatable bonds is 4. The Hall–Kier alpha value is -2.53. The molecule has 5 rings (SSSR count). The summed E-state index contributed by atoms with van der Waals surface area (Å²) < 4.78 is 12.2. The Morgan fingerprint density at radius 3 is 2.72 bits per heavy atom. The van der Waals surface area contributed by atoms with Crippen LogP contribution in [0.4, 0.5) is 5.69 Å². The first-order valence-corrected chi connectivity index (χ1v) is 13.4. The molecule has 0 N–H and O–H groups in total. The Balaban J connectivity index is 1.55. The molecule has 1 spiro atoms. The van der Waals surface area contributed by atoms with Crippen molar-refractivity contribution in [3.05, 3.63) is 58.1 Å². The third-order valence-electron chi connectivity index (χ3n) is 8.35. The number of aldehydes is 1. The highest BCUT2D eigenvalue weighted by Gasteiger charge is 2.46. The van der Waals surface area contributed by atoms with E-state index in [9.17, 15) is 9.59 Å². The first-order valence-electron chi connectivity index (χ1n) is 13.0. The second kappa shape index (κ2) is 9.09. The van der Waals surface area contributed by atoms with Gasteiger partial charge in [-0.05, 0) is 100 Å². The zero-order chi connectivity index (χ0) is 25.7. The fourth-order valence-electron chi connectivity index (χ4n) is 6.10. The molecule has 1 saturated carbocycles. The molecule has 1 unspecified atom stereocenters. The van der Waals surface area contributed by atoms with E-state index in [1.54, 1.807) is 6.07 Å². The number of hydrogen-bond donors (Lipinski definition) is 0. The molecule has 3 aliphatic rings. The fourth-order valence-corrected chi connectivity index (χ4v) is 6.30. The predicted octanol–water partition coefficient (Wildman–Crippen LogP) is 6.38. The van der Waals surface area contributed by atoms with E-state index in [4.69, 9.17) is 21.1 Å². The van der Waals surface area contributed by atoms with E-state index in [2.05, 4.69) is 24.0 Å². The summed E-state index contributed by atoms with van der Waals surface area (Å²) in [6.45, 7) is 9.75. The summed E-state index contributed by atoms with van der Waals surface area (Å²) in [5, 5.41) is 0.763. The average Bonchev–Trinajstić information content (AvgIpc) is 2.97. The summed E-state index contributed by atoms with van der Waals surface area (Å²) in [7, 11) is 0. The van der Waals surface area contributed by atoms with Crippen LogP contribution in [-0.2, 0) is 21.4 Å². The van der Waals surface area contributed by atoms with Crippen molar-refractivity contribution in [2.75, 3.05) is 24.6 Å². The third kappa shape index (κ3) is 4.63. The summed E-state index contributed by atoms with van der Waals surface area (Å²) in [4.78, 5) is 27.2. The quantitative estimate of drug-likeness (QED) is 0.353. The normalized spacial score (nSPS) is 27.2. The van der Waals surface area contributed by atoms with Crippen LogP contribution in [0.2, 0.25) is 5.02 Å². The number of hydrogen-bond acceptors (Lipinski definition) is 5. The molecular formula is C30H36ClNO4. The largest absolute Gasteiger partial charge is 0.490 e. The van der Waals surface area contributed by atoms with E-state index in [1.807, 2.05) is 39.0 Å². The van der Waals surface area contributed by atoms with E-state index in [-0.39, 0.29) is 22.7 Å². The van der Waals surface area contributed by atoms with Gasteiger partial charge in [0.2, 0.25) is 0 Å². The summed E-state index contributed by atoms with van der Waals surface area (Å²) in [6, 6.07) is 11.8. The topological polar surface area (TPSA) is 55.8 Å². The van der Waals surface area contributed by atoms with Crippen LogP contribution >= 0.6 is 11.6 Å². The molecule has 192 valence electrons. The summed E-state index contributed by atoms with van der Waals surface area (Å²) in [6.07, 6.45) is 6.16. The molecule has 2 aliphatic carbocycles. The number of halogens is 1. The van der Waals surface area contributed by atoms with E-state index in [0.29, 0.717) is 12.2 Å². The number of carbonyl (C=O) groups is 2. The lowest BCUT2D eigenvalue weighted by molar-refractivity contribution is -0.123. The molecule has 0 amide bonds. The Bertz CT molecular complexity index is 1190. The maximum atomic E-state index is 12.9. The molecule has 6 heteroatoms. The van der Waals surface area contributed by atoms with E-state index in [1.165, 1.54) is 11.1 Å². The smallest absolute Gasteiger partial charge is 0.338 e. The van der Waals surface area contributed by atoms with Crippen molar-refractivity contribution in [3.8, 4) is 5.75 Å². The van der Waals surface area contributed by atoms with Crippen LogP contribution in [0.3, 0.4) is 0 Å². The van der Waals surface area contributed by atoms with Crippen LogP contribution in [0, 0.1) is 11.3 Å². The van der Waals surface area contributed by atoms with Crippen LogP contribution in [0.1, 0.15) is 74.9 Å². The molecule has 0 radical (unpaired) electrons. The first-order chi connectivity index (χ1) is 17.0. The maximum absolute atomic E-state index is 12.9. The van der Waals surface area contributed by atoms with Crippen LogP contribution in [-0.4, -0.2) is 37.6 Å². The van der Waals surface area contributed by atoms with Gasteiger partial charge in [-0.2, -0.15) is 0 Å². The number of carbonyl (C=O) groups excluding carboxylic acids is 2. The molecule has 1 fully saturated rings. The lowest BCUT2D eigenvalue weighted by Crippen LogP contribution is -2.51. The van der Waals surface area contributed by atoms with Crippen LogP contribution in [0.25, 0.3) is 0 Å². The minimum atomic E-state index is -0.574. The van der Waals surface area contributed by atoms with E-state index < -0.39 is 5.60 Å². The van der Waals surface area contributed by atoms with Gasteiger partial charge in [-0.1, -0.05) is 24.6 Å². The van der Waals surface area contributed by atoms with Crippen LogP contribution < -0.4 is 9.64 Å². The Kier molecular flexibility index (Phi) is 6.35. The molecule has 36 heavy (non-hydrogen) atoms. The van der Waals surface area contributed by atoms with Gasteiger partial charge in [0.1, 0.15) is 17.6 Å². The number of fused-ring (bicyclic) bond motifs is 3. The van der Waals surface area contributed by atoms with E-state index >= 15 is 0 Å². The highest BCUT2D eigenvalue weighted by Crippen LogP contribution is 2.49. The SMILES string of the molecule is CC(C)(C)OC(=O)c1ccc2c(c1)N(C[C@H]1CC[C@@]1(C)C=O)CC1(CCCc3cc(Cl)ccc31)CO2. The lowest BCUT2D eigenvalue weighted by atomic mass is 9.62. The van der Waals surface area contributed by atoms with Gasteiger partial charge in [0.25, 0.3) is 0 Å². The van der Waals surface area contributed by atoms with Gasteiger partial charge in [0, 0.05) is 28.9 Å². The number of benzene rings is 2. The molecule has 5 nitrogen and oxygen atoms in total. The molecule has 1 aliphatic heterocycles. The molecule has 0 bridgehead atoms. The van der Waals surface area contributed by atoms with Gasteiger partial charge in [-0.3, -0.25) is 0 Å². The Labute approximate surface area is 219 Å². The molecule has 3 atom stereocenters. The number of esters is 1. The van der Waals surface area contributed by atoms with Crippen molar-refractivity contribution in [1.29, 1.82) is 0 Å². The summed E-state index contributed by atoms with van der Waals surface area (Å²) in [5.74, 6) is 0.687. The van der Waals surface area contributed by atoms with Crippen molar-refractivity contribution in [2.24, 2.45) is 11.3 Å². The molecular weight excluding hydrogens is 474 g/mol. The van der Waals surface area contributed by atoms with Gasteiger partial charge >= 0.3 is 5.97 Å². The predicted molar refractivity (Wildman–Crippen MR) is 142 cm³/mol. The van der Waals surface area contributed by atoms with Crippen LogP contribution in [0.5, 0.6) is 5.75 Å². The number of aryl methyl sites for hydroxylation is 1. The monoisotopic (exact) mass is 509 g/mol. The van der Waals surface area contributed by atoms with Gasteiger partial charge in [0.05, 0.1) is 17.9 Å². The molecule has 1 heterocycles. The van der Waals surface area contributed by atoms with Crippen LogP contribution in [0.15, 0.2) is 36.4 Å². The van der Waals surface area contributed by atoms with Crippen molar-refractivity contribution in [1.82, 2.24) is 0 Å². The number of ether oxygens (including phenoxy) is 2. The fraction of sp³-hybridized carbons (Fsp3) is 0.533. The zero-order valence-corrected chi connectivity index (χ0v) is 22.5. The molecule has 2 aromatic rings. The van der Waals surface area contributed by atoms with Gasteiger partial charge in [-0.15, -0.1) is 0 Å². The standard InChI is InChI=1S/C30H36ClNO4/c1-28(2,3)36-27(34)21-7-10-26-25(15-21)32(16-22-11-13-29(22,4)18-33)17-30(19-35-26)12-5-6-20-14-23(31)8-9-24(20)30/h7-10,14-15,18,22H,5-6,11-13,16-17,19H2,1-4H3/t22-,29+,30?/m1/s1. The molecule has 0 aromatic heterocycles.